The Labute approximate surface area is 188 Å². The quantitative estimate of drug-likeness (QED) is 0.495. The normalized spacial score (nSPS) is 14.0. The molecule has 0 atom stereocenters. The van der Waals surface area contributed by atoms with Gasteiger partial charge in [0.05, 0.1) is 12.1 Å². The van der Waals surface area contributed by atoms with Crippen molar-refractivity contribution in [2.45, 2.75) is 13.5 Å². The van der Waals surface area contributed by atoms with Crippen LogP contribution in [0.15, 0.2) is 83.7 Å². The lowest BCUT2D eigenvalue weighted by Gasteiger charge is -2.29. The minimum Gasteiger partial charge on any atom is -0.369 e. The van der Waals surface area contributed by atoms with E-state index in [-0.39, 0.29) is 5.56 Å². The number of anilines is 3. The number of hydrogen-bond acceptors (Lipinski definition) is 4. The number of rotatable bonds is 5. The van der Waals surface area contributed by atoms with Crippen LogP contribution in [0.1, 0.15) is 11.1 Å². The molecule has 5 heteroatoms. The van der Waals surface area contributed by atoms with Crippen LogP contribution in [0, 0.1) is 6.92 Å². The molecule has 2 heterocycles. The molecular formula is C27H28N4O. The summed E-state index contributed by atoms with van der Waals surface area (Å²) in [6.07, 6.45) is 0. The van der Waals surface area contributed by atoms with Gasteiger partial charge < -0.3 is 20.1 Å². The van der Waals surface area contributed by atoms with E-state index in [9.17, 15) is 4.79 Å². The van der Waals surface area contributed by atoms with E-state index in [1.54, 1.807) is 6.07 Å². The molecule has 1 fully saturated rings. The van der Waals surface area contributed by atoms with Gasteiger partial charge in [-0.15, -0.1) is 0 Å². The number of pyridine rings is 1. The van der Waals surface area contributed by atoms with Crippen molar-refractivity contribution in [1.82, 2.24) is 9.88 Å². The Kier molecular flexibility index (Phi) is 5.65. The molecule has 1 aromatic heterocycles. The topological polar surface area (TPSA) is 49.3 Å². The molecule has 0 radical (unpaired) electrons. The molecule has 1 aliphatic rings. The zero-order valence-electron chi connectivity index (χ0n) is 18.3. The molecule has 1 saturated heterocycles. The third-order valence-electron chi connectivity index (χ3n) is 6.22. The van der Waals surface area contributed by atoms with E-state index < -0.39 is 0 Å². The Morgan fingerprint density at radius 2 is 1.59 bits per heavy atom. The molecule has 162 valence electrons. The van der Waals surface area contributed by atoms with Crippen LogP contribution >= 0.6 is 0 Å². The van der Waals surface area contributed by atoms with Crippen molar-refractivity contribution in [2.24, 2.45) is 0 Å². The summed E-state index contributed by atoms with van der Waals surface area (Å²) in [5.41, 5.74) is 6.55. The fourth-order valence-corrected chi connectivity index (χ4v) is 4.33. The summed E-state index contributed by atoms with van der Waals surface area (Å²) >= 11 is 0. The van der Waals surface area contributed by atoms with Gasteiger partial charge in [-0.3, -0.25) is 4.79 Å². The number of aromatic nitrogens is 1. The van der Waals surface area contributed by atoms with Gasteiger partial charge in [0.15, 0.2) is 0 Å². The summed E-state index contributed by atoms with van der Waals surface area (Å²) in [7, 11) is 0. The first kappa shape index (κ1) is 20.3. The fraction of sp³-hybridized carbons (Fsp3) is 0.222. The van der Waals surface area contributed by atoms with Gasteiger partial charge in [0.1, 0.15) is 0 Å². The molecule has 0 bridgehead atoms. The van der Waals surface area contributed by atoms with Gasteiger partial charge >= 0.3 is 0 Å². The number of fused-ring (bicyclic) bond motifs is 1. The van der Waals surface area contributed by atoms with Gasteiger partial charge in [-0.25, -0.2) is 0 Å². The van der Waals surface area contributed by atoms with E-state index in [4.69, 9.17) is 0 Å². The Morgan fingerprint density at radius 1 is 0.875 bits per heavy atom. The lowest BCUT2D eigenvalue weighted by molar-refractivity contribution is 0.589. The van der Waals surface area contributed by atoms with Crippen LogP contribution in [0.5, 0.6) is 0 Å². The lowest BCUT2D eigenvalue weighted by atomic mass is 10.1. The molecule has 0 aliphatic carbocycles. The summed E-state index contributed by atoms with van der Waals surface area (Å²) in [5.74, 6) is 0. The Morgan fingerprint density at radius 3 is 2.38 bits per heavy atom. The largest absolute Gasteiger partial charge is 0.369 e. The van der Waals surface area contributed by atoms with Crippen LogP contribution in [-0.4, -0.2) is 30.7 Å². The summed E-state index contributed by atoms with van der Waals surface area (Å²) in [6.45, 7) is 6.78. The molecule has 5 nitrogen and oxygen atoms in total. The van der Waals surface area contributed by atoms with Gasteiger partial charge in [0.2, 0.25) is 0 Å². The molecule has 32 heavy (non-hydrogen) atoms. The molecule has 0 unspecified atom stereocenters. The average molecular weight is 425 g/mol. The van der Waals surface area contributed by atoms with Gasteiger partial charge in [-0.2, -0.15) is 0 Å². The second kappa shape index (κ2) is 8.89. The molecule has 4 aromatic rings. The van der Waals surface area contributed by atoms with E-state index in [2.05, 4.69) is 77.1 Å². The maximum atomic E-state index is 12.7. The van der Waals surface area contributed by atoms with Crippen LogP contribution in [-0.2, 0) is 6.54 Å². The first-order valence-corrected chi connectivity index (χ1v) is 11.2. The van der Waals surface area contributed by atoms with Crippen LogP contribution in [0.3, 0.4) is 0 Å². The highest BCUT2D eigenvalue weighted by Gasteiger charge is 2.10. The number of piperazine rings is 1. The molecule has 3 aromatic carbocycles. The zero-order chi connectivity index (χ0) is 21.9. The van der Waals surface area contributed by atoms with Crippen molar-refractivity contribution in [3.8, 4) is 0 Å². The molecular weight excluding hydrogens is 396 g/mol. The standard InChI is InChI=1S/C27H28N4O/c1-20-4-2-3-5-22(20)19-31-26-18-24(8-6-21(26)7-13-27(31)32)29-23-9-11-25(12-10-23)30-16-14-28-15-17-30/h2-13,18,28-29H,14-17,19H2,1H3. The molecule has 2 N–H and O–H groups in total. The molecule has 0 amide bonds. The predicted molar refractivity (Wildman–Crippen MR) is 133 cm³/mol. The highest BCUT2D eigenvalue weighted by molar-refractivity contribution is 5.84. The first-order valence-electron chi connectivity index (χ1n) is 11.2. The number of nitrogens with one attached hydrogen (secondary N) is 2. The Hall–Kier alpha value is -3.57. The summed E-state index contributed by atoms with van der Waals surface area (Å²) < 4.78 is 1.86. The van der Waals surface area contributed by atoms with Gasteiger partial charge in [-0.1, -0.05) is 30.3 Å². The van der Waals surface area contributed by atoms with Crippen molar-refractivity contribution in [3.05, 3.63) is 100 Å². The summed E-state index contributed by atoms with van der Waals surface area (Å²) in [6, 6.07) is 26.6. The van der Waals surface area contributed by atoms with Crippen molar-refractivity contribution in [2.75, 3.05) is 36.4 Å². The van der Waals surface area contributed by atoms with E-state index in [0.29, 0.717) is 6.54 Å². The smallest absolute Gasteiger partial charge is 0.251 e. The van der Waals surface area contributed by atoms with Gasteiger partial charge in [-0.05, 0) is 65.9 Å². The minimum absolute atomic E-state index is 0.0123. The van der Waals surface area contributed by atoms with Crippen molar-refractivity contribution < 1.29 is 0 Å². The maximum absolute atomic E-state index is 12.7. The number of aryl methyl sites for hydroxylation is 1. The average Bonchev–Trinajstić information content (AvgIpc) is 2.83. The van der Waals surface area contributed by atoms with Crippen LogP contribution in [0.4, 0.5) is 17.1 Å². The third kappa shape index (κ3) is 4.25. The van der Waals surface area contributed by atoms with Crippen LogP contribution in [0.2, 0.25) is 0 Å². The van der Waals surface area contributed by atoms with Gasteiger partial charge in [0, 0.05) is 49.3 Å². The van der Waals surface area contributed by atoms with E-state index in [1.807, 2.05) is 22.8 Å². The number of nitrogens with zero attached hydrogens (tertiary/aromatic N) is 2. The van der Waals surface area contributed by atoms with E-state index >= 15 is 0 Å². The second-order valence-corrected chi connectivity index (χ2v) is 8.37. The maximum Gasteiger partial charge on any atom is 0.251 e. The van der Waals surface area contributed by atoms with Crippen LogP contribution in [0.25, 0.3) is 10.9 Å². The van der Waals surface area contributed by atoms with Crippen molar-refractivity contribution in [3.63, 3.8) is 0 Å². The fourth-order valence-electron chi connectivity index (χ4n) is 4.33. The summed E-state index contributed by atoms with van der Waals surface area (Å²) in [4.78, 5) is 15.1. The predicted octanol–water partition coefficient (Wildman–Crippen LogP) is 4.51. The Balaban J connectivity index is 1.42. The number of hydrogen-bond donors (Lipinski definition) is 2. The molecule has 0 spiro atoms. The first-order chi connectivity index (χ1) is 15.7. The van der Waals surface area contributed by atoms with Gasteiger partial charge in [0.25, 0.3) is 5.56 Å². The van der Waals surface area contributed by atoms with Crippen LogP contribution < -0.4 is 21.1 Å². The third-order valence-corrected chi connectivity index (χ3v) is 6.22. The SMILES string of the molecule is Cc1ccccc1Cn1c(=O)ccc2ccc(Nc3ccc(N4CCNCC4)cc3)cc21. The second-order valence-electron chi connectivity index (χ2n) is 8.37. The minimum atomic E-state index is 0.0123. The highest BCUT2D eigenvalue weighted by atomic mass is 16.1. The zero-order valence-corrected chi connectivity index (χ0v) is 18.3. The van der Waals surface area contributed by atoms with Crippen molar-refractivity contribution in [1.29, 1.82) is 0 Å². The lowest BCUT2D eigenvalue weighted by Crippen LogP contribution is -2.43. The molecule has 1 aliphatic heterocycles. The summed E-state index contributed by atoms with van der Waals surface area (Å²) in [5, 5.41) is 7.95. The highest BCUT2D eigenvalue weighted by Crippen LogP contribution is 2.24. The molecule has 5 rings (SSSR count). The van der Waals surface area contributed by atoms with E-state index in [0.717, 1.165) is 54.0 Å². The molecule has 0 saturated carbocycles. The Bertz CT molecular complexity index is 1290. The number of benzene rings is 3. The van der Waals surface area contributed by atoms with E-state index in [1.165, 1.54) is 11.3 Å². The monoisotopic (exact) mass is 424 g/mol. The van der Waals surface area contributed by atoms with Crippen molar-refractivity contribution >= 4 is 28.0 Å².